The second kappa shape index (κ2) is 3.05. The normalized spacial score (nSPS) is 26.3. The Bertz CT molecular complexity index is 292. The zero-order valence-electron chi connectivity index (χ0n) is 8.32. The molecule has 0 radical (unpaired) electrons. The van der Waals surface area contributed by atoms with Gasteiger partial charge < -0.3 is 5.32 Å². The summed E-state index contributed by atoms with van der Waals surface area (Å²) in [5, 5.41) is 11.3. The van der Waals surface area contributed by atoms with E-state index in [-0.39, 0.29) is 0 Å². The van der Waals surface area contributed by atoms with Crippen molar-refractivity contribution in [2.75, 3.05) is 13.1 Å². The zero-order chi connectivity index (χ0) is 9.43. The van der Waals surface area contributed by atoms with Crippen LogP contribution in [0.5, 0.6) is 0 Å². The van der Waals surface area contributed by atoms with Gasteiger partial charge in [-0.2, -0.15) is 0 Å². The van der Waals surface area contributed by atoms with Crippen LogP contribution in [0.1, 0.15) is 31.7 Å². The maximum Gasteiger partial charge on any atom is 0.0693 e. The first kappa shape index (κ1) is 8.41. The van der Waals surface area contributed by atoms with Crippen molar-refractivity contribution in [2.24, 2.45) is 5.41 Å². The fourth-order valence-electron chi connectivity index (χ4n) is 2.90. The van der Waals surface area contributed by atoms with E-state index in [9.17, 15) is 0 Å². The summed E-state index contributed by atoms with van der Waals surface area (Å²) in [6, 6.07) is 0.621. The Hall–Kier alpha value is -0.900. The molecule has 0 unspecified atom stereocenters. The van der Waals surface area contributed by atoms with E-state index in [1.54, 1.807) is 6.20 Å². The van der Waals surface area contributed by atoms with Crippen molar-refractivity contribution in [3.63, 3.8) is 0 Å². The van der Waals surface area contributed by atoms with Crippen molar-refractivity contribution in [3.8, 4) is 0 Å². The van der Waals surface area contributed by atoms with Crippen LogP contribution in [0.3, 0.4) is 0 Å². The van der Waals surface area contributed by atoms with Gasteiger partial charge in [-0.1, -0.05) is 5.21 Å². The molecule has 1 spiro atoms. The summed E-state index contributed by atoms with van der Waals surface area (Å²) in [4.78, 5) is 0. The number of hydrogen-bond acceptors (Lipinski definition) is 3. The fraction of sp³-hybridized carbons (Fsp3) is 0.800. The zero-order valence-corrected chi connectivity index (χ0v) is 8.32. The van der Waals surface area contributed by atoms with Gasteiger partial charge in [-0.3, -0.25) is 0 Å². The maximum absolute atomic E-state index is 4.07. The number of hydrogen-bond donors (Lipinski definition) is 1. The average Bonchev–Trinajstić information content (AvgIpc) is 2.68. The first-order chi connectivity index (χ1) is 6.88. The summed E-state index contributed by atoms with van der Waals surface area (Å²) in [5.41, 5.74) is 0.641. The third kappa shape index (κ3) is 1.25. The van der Waals surface area contributed by atoms with E-state index in [4.69, 9.17) is 0 Å². The van der Waals surface area contributed by atoms with Crippen LogP contribution in [0.15, 0.2) is 12.4 Å². The molecule has 2 heterocycles. The number of nitrogens with zero attached hydrogens (tertiary/aromatic N) is 3. The van der Waals surface area contributed by atoms with E-state index in [2.05, 4.69) is 15.6 Å². The van der Waals surface area contributed by atoms with E-state index < -0.39 is 0 Å². The predicted molar refractivity (Wildman–Crippen MR) is 52.8 cm³/mol. The smallest absolute Gasteiger partial charge is 0.0693 e. The monoisotopic (exact) mass is 192 g/mol. The SMILES string of the molecule is c1cn(C2CC3(CCNCC3)C2)nn1. The highest BCUT2D eigenvalue weighted by atomic mass is 15.4. The number of aromatic nitrogens is 3. The predicted octanol–water partition coefficient (Wildman–Crippen LogP) is 0.983. The van der Waals surface area contributed by atoms with E-state index in [0.717, 1.165) is 0 Å². The summed E-state index contributed by atoms with van der Waals surface area (Å²) in [6.07, 6.45) is 9.05. The van der Waals surface area contributed by atoms with Crippen molar-refractivity contribution < 1.29 is 0 Å². The van der Waals surface area contributed by atoms with Gasteiger partial charge in [0.2, 0.25) is 0 Å². The lowest BCUT2D eigenvalue weighted by molar-refractivity contribution is 0.0222. The maximum atomic E-state index is 4.07. The summed E-state index contributed by atoms with van der Waals surface area (Å²) in [6.45, 7) is 2.40. The molecule has 0 bridgehead atoms. The van der Waals surface area contributed by atoms with Crippen LogP contribution >= 0.6 is 0 Å². The topological polar surface area (TPSA) is 42.7 Å². The Morgan fingerprint density at radius 2 is 2.07 bits per heavy atom. The quantitative estimate of drug-likeness (QED) is 0.721. The minimum Gasteiger partial charge on any atom is -0.317 e. The molecule has 0 atom stereocenters. The lowest BCUT2D eigenvalue weighted by atomic mass is 9.60. The highest BCUT2D eigenvalue weighted by Gasteiger charge is 2.45. The summed E-state index contributed by atoms with van der Waals surface area (Å²) in [7, 11) is 0. The molecular formula is C10H16N4. The highest BCUT2D eigenvalue weighted by molar-refractivity contribution is 4.98. The van der Waals surface area contributed by atoms with Crippen LogP contribution < -0.4 is 5.32 Å². The van der Waals surface area contributed by atoms with Gasteiger partial charge in [0.15, 0.2) is 0 Å². The van der Waals surface area contributed by atoms with Crippen molar-refractivity contribution in [1.29, 1.82) is 0 Å². The van der Waals surface area contributed by atoms with E-state index in [1.807, 2.05) is 10.9 Å². The van der Waals surface area contributed by atoms with Crippen LogP contribution in [0, 0.1) is 5.41 Å². The van der Waals surface area contributed by atoms with Crippen LogP contribution in [-0.2, 0) is 0 Å². The Labute approximate surface area is 83.7 Å². The van der Waals surface area contributed by atoms with Gasteiger partial charge in [-0.15, -0.1) is 5.10 Å². The van der Waals surface area contributed by atoms with Gasteiger partial charge >= 0.3 is 0 Å². The molecule has 4 heteroatoms. The Kier molecular flexibility index (Phi) is 1.83. The second-order valence-electron chi connectivity index (χ2n) is 4.70. The fourth-order valence-corrected chi connectivity index (χ4v) is 2.90. The molecule has 14 heavy (non-hydrogen) atoms. The van der Waals surface area contributed by atoms with Gasteiger partial charge in [0, 0.05) is 6.20 Å². The first-order valence-electron chi connectivity index (χ1n) is 5.45. The number of piperidine rings is 1. The van der Waals surface area contributed by atoms with Crippen molar-refractivity contribution in [2.45, 2.75) is 31.7 Å². The summed E-state index contributed by atoms with van der Waals surface area (Å²) >= 11 is 0. The van der Waals surface area contributed by atoms with Gasteiger partial charge in [-0.25, -0.2) is 4.68 Å². The molecule has 1 aliphatic heterocycles. The molecule has 4 nitrogen and oxygen atoms in total. The largest absolute Gasteiger partial charge is 0.317 e. The highest BCUT2D eigenvalue weighted by Crippen LogP contribution is 2.53. The van der Waals surface area contributed by atoms with Gasteiger partial charge in [-0.05, 0) is 44.2 Å². The lowest BCUT2D eigenvalue weighted by Crippen LogP contribution is -2.46. The van der Waals surface area contributed by atoms with Crippen LogP contribution in [0.25, 0.3) is 0 Å². The number of nitrogens with one attached hydrogen (secondary N) is 1. The van der Waals surface area contributed by atoms with Crippen LogP contribution in [0.4, 0.5) is 0 Å². The van der Waals surface area contributed by atoms with Crippen molar-refractivity contribution in [1.82, 2.24) is 20.3 Å². The summed E-state index contributed by atoms with van der Waals surface area (Å²) in [5.74, 6) is 0. The first-order valence-corrected chi connectivity index (χ1v) is 5.45. The average molecular weight is 192 g/mol. The molecule has 1 N–H and O–H groups in total. The molecule has 76 valence electrons. The summed E-state index contributed by atoms with van der Waals surface area (Å²) < 4.78 is 2.02. The molecule has 2 fully saturated rings. The van der Waals surface area contributed by atoms with E-state index in [1.165, 1.54) is 38.8 Å². The minimum atomic E-state index is 0.621. The third-order valence-corrected chi connectivity index (χ3v) is 3.82. The third-order valence-electron chi connectivity index (χ3n) is 3.82. The lowest BCUT2D eigenvalue weighted by Gasteiger charge is -2.50. The van der Waals surface area contributed by atoms with E-state index >= 15 is 0 Å². The molecule has 0 amide bonds. The molecular weight excluding hydrogens is 176 g/mol. The van der Waals surface area contributed by atoms with E-state index in [0.29, 0.717) is 11.5 Å². The molecule has 1 aromatic heterocycles. The molecule has 1 saturated carbocycles. The minimum absolute atomic E-state index is 0.621. The van der Waals surface area contributed by atoms with Crippen molar-refractivity contribution >= 4 is 0 Å². The molecule has 2 aliphatic rings. The van der Waals surface area contributed by atoms with Gasteiger partial charge in [0.25, 0.3) is 0 Å². The standard InChI is InChI=1S/C10H16N4/c1-3-11-4-2-10(1)7-9(8-10)14-6-5-12-13-14/h5-6,9,11H,1-4,7-8H2. The molecule has 1 aromatic rings. The molecule has 3 rings (SSSR count). The van der Waals surface area contributed by atoms with Crippen LogP contribution in [-0.4, -0.2) is 28.1 Å². The van der Waals surface area contributed by atoms with Crippen LogP contribution in [0.2, 0.25) is 0 Å². The molecule has 0 aromatic carbocycles. The van der Waals surface area contributed by atoms with Gasteiger partial charge in [0.1, 0.15) is 0 Å². The Morgan fingerprint density at radius 3 is 2.71 bits per heavy atom. The van der Waals surface area contributed by atoms with Crippen molar-refractivity contribution in [3.05, 3.63) is 12.4 Å². The second-order valence-corrected chi connectivity index (χ2v) is 4.70. The number of rotatable bonds is 1. The molecule has 1 saturated heterocycles. The van der Waals surface area contributed by atoms with Gasteiger partial charge in [0.05, 0.1) is 12.2 Å². The Balaban J connectivity index is 1.65. The Morgan fingerprint density at radius 1 is 1.29 bits per heavy atom. The molecule has 1 aliphatic carbocycles.